The summed E-state index contributed by atoms with van der Waals surface area (Å²) in [5, 5.41) is 6.14. The molecule has 0 saturated heterocycles. The molecule has 3 heterocycles. The van der Waals surface area contributed by atoms with E-state index in [-0.39, 0.29) is 0 Å². The minimum Gasteiger partial charge on any atom is -0.338 e. The number of thiophene rings is 1. The number of rotatable bonds is 4. The molecule has 0 amide bonds. The maximum atomic E-state index is 5.37. The highest BCUT2D eigenvalue weighted by molar-refractivity contribution is 7.98. The smallest absolute Gasteiger partial charge is 0.237 e. The predicted octanol–water partition coefficient (Wildman–Crippen LogP) is 4.65. The monoisotopic (exact) mass is 354 g/mol. The Kier molecular flexibility index (Phi) is 4.03. The van der Waals surface area contributed by atoms with E-state index in [1.54, 1.807) is 29.4 Å². The molecule has 0 N–H and O–H groups in total. The second-order valence-electron chi connectivity index (χ2n) is 5.31. The first-order valence-electron chi connectivity index (χ1n) is 7.44. The van der Waals surface area contributed by atoms with E-state index in [0.29, 0.717) is 17.5 Å². The van der Waals surface area contributed by atoms with Crippen LogP contribution in [0.5, 0.6) is 0 Å². The first-order valence-corrected chi connectivity index (χ1v) is 9.24. The van der Waals surface area contributed by atoms with Gasteiger partial charge in [-0.2, -0.15) is 4.98 Å². The van der Waals surface area contributed by atoms with E-state index in [1.807, 2.05) is 30.3 Å². The number of hydrogen-bond acceptors (Lipinski definition) is 7. The molecule has 5 nitrogen and oxygen atoms in total. The summed E-state index contributed by atoms with van der Waals surface area (Å²) in [7, 11) is 0. The van der Waals surface area contributed by atoms with E-state index in [2.05, 4.69) is 34.0 Å². The van der Waals surface area contributed by atoms with Gasteiger partial charge in [0.05, 0.1) is 5.75 Å². The zero-order valence-electron chi connectivity index (χ0n) is 13.2. The van der Waals surface area contributed by atoms with Gasteiger partial charge in [0, 0.05) is 15.8 Å². The summed E-state index contributed by atoms with van der Waals surface area (Å²) in [5.41, 5.74) is 2.19. The molecule has 4 aromatic rings. The van der Waals surface area contributed by atoms with Crippen LogP contribution < -0.4 is 0 Å². The Morgan fingerprint density at radius 3 is 2.79 bits per heavy atom. The summed E-state index contributed by atoms with van der Waals surface area (Å²) in [5.74, 6) is 1.79. The SMILES string of the molecule is Cc1sc2ncnc(SCc3nc(-c4ccccc4)no3)c2c1C. The van der Waals surface area contributed by atoms with Crippen molar-refractivity contribution in [2.45, 2.75) is 24.6 Å². The molecule has 7 heteroatoms. The number of hydrogen-bond donors (Lipinski definition) is 0. The molecule has 0 aliphatic rings. The molecular weight excluding hydrogens is 340 g/mol. The van der Waals surface area contributed by atoms with Crippen LogP contribution in [-0.2, 0) is 5.75 Å². The lowest BCUT2D eigenvalue weighted by Crippen LogP contribution is -1.87. The fourth-order valence-corrected chi connectivity index (χ4v) is 4.36. The Balaban J connectivity index is 1.57. The van der Waals surface area contributed by atoms with Crippen molar-refractivity contribution < 1.29 is 4.52 Å². The molecule has 0 bridgehead atoms. The molecule has 3 aromatic heterocycles. The summed E-state index contributed by atoms with van der Waals surface area (Å²) in [6, 6.07) is 9.81. The fourth-order valence-electron chi connectivity index (χ4n) is 2.41. The quantitative estimate of drug-likeness (QED) is 0.392. The molecular formula is C17H14N4OS2. The summed E-state index contributed by atoms with van der Waals surface area (Å²) in [4.78, 5) is 15.6. The van der Waals surface area contributed by atoms with Gasteiger partial charge in [0.1, 0.15) is 16.2 Å². The molecule has 24 heavy (non-hydrogen) atoms. The Labute approximate surface area is 147 Å². The number of aryl methyl sites for hydroxylation is 2. The van der Waals surface area contributed by atoms with Crippen LogP contribution in [0.15, 0.2) is 46.2 Å². The summed E-state index contributed by atoms with van der Waals surface area (Å²) in [6.45, 7) is 4.22. The van der Waals surface area contributed by atoms with E-state index < -0.39 is 0 Å². The van der Waals surface area contributed by atoms with Crippen molar-refractivity contribution >= 4 is 33.3 Å². The van der Waals surface area contributed by atoms with Crippen LogP contribution in [-0.4, -0.2) is 20.1 Å². The first-order chi connectivity index (χ1) is 11.7. The highest BCUT2D eigenvalue weighted by Crippen LogP contribution is 2.35. The third-order valence-electron chi connectivity index (χ3n) is 3.76. The zero-order chi connectivity index (χ0) is 16.5. The van der Waals surface area contributed by atoms with E-state index in [4.69, 9.17) is 4.52 Å². The standard InChI is InChI=1S/C17H14N4OS2/c1-10-11(2)24-17-14(10)16(18-9-19-17)23-8-13-20-15(21-22-13)12-6-4-3-5-7-12/h3-7,9H,8H2,1-2H3. The van der Waals surface area contributed by atoms with Gasteiger partial charge in [-0.25, -0.2) is 9.97 Å². The molecule has 0 aliphatic carbocycles. The molecule has 4 rings (SSSR count). The Morgan fingerprint density at radius 2 is 1.96 bits per heavy atom. The summed E-state index contributed by atoms with van der Waals surface area (Å²) < 4.78 is 5.37. The first kappa shape index (κ1) is 15.3. The average Bonchev–Trinajstić information content (AvgIpc) is 3.19. The van der Waals surface area contributed by atoms with Crippen LogP contribution in [0.1, 0.15) is 16.3 Å². The van der Waals surface area contributed by atoms with Crippen molar-refractivity contribution in [3.63, 3.8) is 0 Å². The number of aromatic nitrogens is 4. The third-order valence-corrected chi connectivity index (χ3v) is 5.85. The van der Waals surface area contributed by atoms with Gasteiger partial charge in [-0.15, -0.1) is 11.3 Å². The number of nitrogens with zero attached hydrogens (tertiary/aromatic N) is 4. The summed E-state index contributed by atoms with van der Waals surface area (Å²) in [6.07, 6.45) is 1.61. The van der Waals surface area contributed by atoms with Crippen LogP contribution in [0, 0.1) is 13.8 Å². The minimum atomic E-state index is 0.584. The van der Waals surface area contributed by atoms with E-state index in [0.717, 1.165) is 20.8 Å². The molecule has 120 valence electrons. The molecule has 0 atom stereocenters. The van der Waals surface area contributed by atoms with Crippen LogP contribution in [0.3, 0.4) is 0 Å². The minimum absolute atomic E-state index is 0.584. The lowest BCUT2D eigenvalue weighted by atomic mass is 10.2. The number of thioether (sulfide) groups is 1. The lowest BCUT2D eigenvalue weighted by molar-refractivity contribution is 0.391. The second kappa shape index (κ2) is 6.33. The zero-order valence-corrected chi connectivity index (χ0v) is 14.8. The van der Waals surface area contributed by atoms with Crippen molar-refractivity contribution in [2.24, 2.45) is 0 Å². The highest BCUT2D eigenvalue weighted by atomic mass is 32.2. The molecule has 0 fully saturated rings. The predicted molar refractivity (Wildman–Crippen MR) is 96.2 cm³/mol. The largest absolute Gasteiger partial charge is 0.338 e. The normalized spacial score (nSPS) is 11.2. The van der Waals surface area contributed by atoms with Crippen LogP contribution in [0.2, 0.25) is 0 Å². The Morgan fingerprint density at radius 1 is 1.12 bits per heavy atom. The average molecular weight is 354 g/mol. The van der Waals surface area contributed by atoms with Crippen molar-refractivity contribution in [1.82, 2.24) is 20.1 Å². The number of benzene rings is 1. The fraction of sp³-hybridized carbons (Fsp3) is 0.176. The maximum absolute atomic E-state index is 5.37. The van der Waals surface area contributed by atoms with E-state index in [9.17, 15) is 0 Å². The van der Waals surface area contributed by atoms with Crippen molar-refractivity contribution in [2.75, 3.05) is 0 Å². The van der Waals surface area contributed by atoms with E-state index in [1.165, 1.54) is 10.4 Å². The highest BCUT2D eigenvalue weighted by Gasteiger charge is 2.14. The van der Waals surface area contributed by atoms with Crippen LogP contribution in [0.4, 0.5) is 0 Å². The van der Waals surface area contributed by atoms with Gasteiger partial charge in [0.25, 0.3) is 0 Å². The van der Waals surface area contributed by atoms with Gasteiger partial charge in [0.15, 0.2) is 0 Å². The van der Waals surface area contributed by atoms with Gasteiger partial charge in [-0.1, -0.05) is 47.3 Å². The summed E-state index contributed by atoms with van der Waals surface area (Å²) >= 11 is 3.30. The second-order valence-corrected chi connectivity index (χ2v) is 7.48. The number of fused-ring (bicyclic) bond motifs is 1. The topological polar surface area (TPSA) is 64.7 Å². The van der Waals surface area contributed by atoms with Crippen molar-refractivity contribution in [1.29, 1.82) is 0 Å². The Hall–Kier alpha value is -2.25. The van der Waals surface area contributed by atoms with Gasteiger partial charge in [0.2, 0.25) is 11.7 Å². The van der Waals surface area contributed by atoms with Gasteiger partial charge >= 0.3 is 0 Å². The van der Waals surface area contributed by atoms with Gasteiger partial charge in [-0.05, 0) is 19.4 Å². The molecule has 0 spiro atoms. The van der Waals surface area contributed by atoms with Gasteiger partial charge in [-0.3, -0.25) is 0 Å². The maximum Gasteiger partial charge on any atom is 0.237 e. The molecule has 1 aromatic carbocycles. The third kappa shape index (κ3) is 2.81. The van der Waals surface area contributed by atoms with Crippen molar-refractivity contribution in [3.8, 4) is 11.4 Å². The van der Waals surface area contributed by atoms with E-state index >= 15 is 0 Å². The van der Waals surface area contributed by atoms with Crippen molar-refractivity contribution in [3.05, 3.63) is 53.0 Å². The Bertz CT molecular complexity index is 994. The molecule has 0 saturated carbocycles. The molecule has 0 unspecified atom stereocenters. The van der Waals surface area contributed by atoms with Gasteiger partial charge < -0.3 is 4.52 Å². The molecule has 0 aliphatic heterocycles. The molecule has 0 radical (unpaired) electrons. The lowest BCUT2D eigenvalue weighted by Gasteiger charge is -2.00. The van der Waals surface area contributed by atoms with Crippen LogP contribution >= 0.6 is 23.1 Å². The van der Waals surface area contributed by atoms with Crippen LogP contribution in [0.25, 0.3) is 21.6 Å².